The summed E-state index contributed by atoms with van der Waals surface area (Å²) < 4.78 is 10.2. The number of hydrogen-bond acceptors (Lipinski definition) is 4. The first-order chi connectivity index (χ1) is 8.08. The summed E-state index contributed by atoms with van der Waals surface area (Å²) >= 11 is 0. The smallest absolute Gasteiger partial charge is 0.323 e. The molecule has 1 aromatic rings. The Labute approximate surface area is 102 Å². The summed E-state index contributed by atoms with van der Waals surface area (Å²) in [7, 11) is 1.41. The van der Waals surface area contributed by atoms with Crippen LogP contribution in [0.2, 0.25) is 0 Å². The molecule has 4 heteroatoms. The summed E-state index contributed by atoms with van der Waals surface area (Å²) in [6.45, 7) is 6.52. The highest BCUT2D eigenvalue weighted by molar-refractivity contribution is 5.75. The van der Waals surface area contributed by atoms with E-state index < -0.39 is 0 Å². The topological polar surface area (TPSA) is 51.5 Å². The fraction of sp³-hybridized carbons (Fsp3) is 0.615. The number of ether oxygens (including phenoxy) is 1. The molecule has 17 heavy (non-hydrogen) atoms. The van der Waals surface area contributed by atoms with Gasteiger partial charge in [-0.2, -0.15) is 0 Å². The summed E-state index contributed by atoms with van der Waals surface area (Å²) in [5.41, 5.74) is 0. The lowest BCUT2D eigenvalue weighted by atomic mass is 9.99. The van der Waals surface area contributed by atoms with E-state index in [9.17, 15) is 4.79 Å². The van der Waals surface area contributed by atoms with Crippen LogP contribution in [0.15, 0.2) is 16.5 Å². The molecule has 0 aliphatic heterocycles. The third kappa shape index (κ3) is 3.89. The van der Waals surface area contributed by atoms with Crippen LogP contribution in [-0.2, 0) is 16.1 Å². The highest BCUT2D eigenvalue weighted by atomic mass is 16.5. The number of carbonyl (C=O) groups is 1. The summed E-state index contributed by atoms with van der Waals surface area (Å²) in [5.74, 6) is 1.72. The van der Waals surface area contributed by atoms with Crippen molar-refractivity contribution in [2.24, 2.45) is 5.92 Å². The van der Waals surface area contributed by atoms with E-state index in [1.807, 2.05) is 26.0 Å². The Morgan fingerprint density at radius 3 is 2.71 bits per heavy atom. The molecule has 1 rings (SSSR count). The fourth-order valence-corrected chi connectivity index (χ4v) is 1.67. The Morgan fingerprint density at radius 2 is 2.24 bits per heavy atom. The van der Waals surface area contributed by atoms with Gasteiger partial charge in [0.1, 0.15) is 17.6 Å². The minimum absolute atomic E-state index is 0.220. The molecule has 2 unspecified atom stereocenters. The zero-order valence-electron chi connectivity index (χ0n) is 10.9. The molecule has 1 heterocycles. The van der Waals surface area contributed by atoms with E-state index in [1.165, 1.54) is 7.11 Å². The molecule has 0 fully saturated rings. The van der Waals surface area contributed by atoms with Gasteiger partial charge in [0.05, 0.1) is 13.7 Å². The van der Waals surface area contributed by atoms with Crippen molar-refractivity contribution >= 4 is 5.97 Å². The van der Waals surface area contributed by atoms with Crippen LogP contribution >= 0.6 is 0 Å². The summed E-state index contributed by atoms with van der Waals surface area (Å²) in [4.78, 5) is 11.6. The molecular weight excluding hydrogens is 218 g/mol. The Morgan fingerprint density at radius 1 is 1.53 bits per heavy atom. The zero-order chi connectivity index (χ0) is 12.8. The van der Waals surface area contributed by atoms with E-state index in [0.29, 0.717) is 6.54 Å². The number of nitrogens with one attached hydrogen (secondary N) is 1. The molecule has 4 nitrogen and oxygen atoms in total. The average molecular weight is 239 g/mol. The third-order valence-electron chi connectivity index (χ3n) is 2.96. The van der Waals surface area contributed by atoms with Crippen LogP contribution in [0.1, 0.15) is 31.8 Å². The van der Waals surface area contributed by atoms with E-state index in [1.54, 1.807) is 0 Å². The van der Waals surface area contributed by atoms with Gasteiger partial charge >= 0.3 is 5.97 Å². The molecule has 0 saturated heterocycles. The van der Waals surface area contributed by atoms with Crippen LogP contribution in [0.4, 0.5) is 0 Å². The van der Waals surface area contributed by atoms with Gasteiger partial charge in [-0.25, -0.2) is 0 Å². The Balaban J connectivity index is 2.57. The van der Waals surface area contributed by atoms with Crippen molar-refractivity contribution in [3.8, 4) is 0 Å². The normalized spacial score (nSPS) is 14.4. The second kappa shape index (κ2) is 6.45. The molecule has 2 atom stereocenters. The van der Waals surface area contributed by atoms with Gasteiger partial charge in [0, 0.05) is 0 Å². The first kappa shape index (κ1) is 13.8. The highest BCUT2D eigenvalue weighted by Crippen LogP contribution is 2.11. The maximum Gasteiger partial charge on any atom is 0.323 e. The lowest BCUT2D eigenvalue weighted by Gasteiger charge is -2.21. The minimum atomic E-state index is -0.282. The Hall–Kier alpha value is -1.29. The van der Waals surface area contributed by atoms with Crippen LogP contribution in [0, 0.1) is 12.8 Å². The molecule has 1 N–H and O–H groups in total. The van der Waals surface area contributed by atoms with Gasteiger partial charge in [-0.15, -0.1) is 0 Å². The summed E-state index contributed by atoms with van der Waals surface area (Å²) in [6, 6.07) is 3.54. The lowest BCUT2D eigenvalue weighted by Crippen LogP contribution is -2.42. The van der Waals surface area contributed by atoms with Crippen molar-refractivity contribution in [1.82, 2.24) is 5.32 Å². The van der Waals surface area contributed by atoms with Gasteiger partial charge in [-0.1, -0.05) is 20.3 Å². The van der Waals surface area contributed by atoms with Crippen LogP contribution in [0.3, 0.4) is 0 Å². The van der Waals surface area contributed by atoms with Gasteiger partial charge in [0.25, 0.3) is 0 Å². The number of carbonyl (C=O) groups excluding carboxylic acids is 1. The highest BCUT2D eigenvalue weighted by Gasteiger charge is 2.24. The van der Waals surface area contributed by atoms with Crippen molar-refractivity contribution in [3.05, 3.63) is 23.7 Å². The molecule has 1 aromatic heterocycles. The second-order valence-corrected chi connectivity index (χ2v) is 4.28. The van der Waals surface area contributed by atoms with E-state index in [0.717, 1.165) is 17.9 Å². The molecular formula is C13H21NO3. The maximum atomic E-state index is 11.6. The van der Waals surface area contributed by atoms with Crippen LogP contribution < -0.4 is 5.32 Å². The largest absolute Gasteiger partial charge is 0.468 e. The maximum absolute atomic E-state index is 11.6. The van der Waals surface area contributed by atoms with Crippen molar-refractivity contribution in [2.45, 2.75) is 39.8 Å². The third-order valence-corrected chi connectivity index (χ3v) is 2.96. The number of hydrogen-bond donors (Lipinski definition) is 1. The van der Waals surface area contributed by atoms with E-state index >= 15 is 0 Å². The molecule has 96 valence electrons. The first-order valence-electron chi connectivity index (χ1n) is 5.95. The van der Waals surface area contributed by atoms with Crippen molar-refractivity contribution in [3.63, 3.8) is 0 Å². The Bertz CT molecular complexity index is 359. The van der Waals surface area contributed by atoms with Crippen molar-refractivity contribution < 1.29 is 13.9 Å². The molecule has 0 aliphatic carbocycles. The number of aryl methyl sites for hydroxylation is 1. The number of furan rings is 1. The quantitative estimate of drug-likeness (QED) is 0.774. The van der Waals surface area contributed by atoms with Gasteiger partial charge < -0.3 is 9.15 Å². The predicted molar refractivity (Wildman–Crippen MR) is 65.5 cm³/mol. The van der Waals surface area contributed by atoms with E-state index in [-0.39, 0.29) is 17.9 Å². The van der Waals surface area contributed by atoms with Gasteiger partial charge in [-0.05, 0) is 25.0 Å². The second-order valence-electron chi connectivity index (χ2n) is 4.28. The standard InChI is InChI=1S/C13H21NO3/c1-5-9(2)12(13(15)16-4)14-8-11-7-6-10(3)17-11/h6-7,9,12,14H,5,8H2,1-4H3. The fourth-order valence-electron chi connectivity index (χ4n) is 1.67. The molecule has 0 aromatic carbocycles. The number of methoxy groups -OCH3 is 1. The van der Waals surface area contributed by atoms with E-state index in [4.69, 9.17) is 9.15 Å². The monoisotopic (exact) mass is 239 g/mol. The zero-order valence-corrected chi connectivity index (χ0v) is 10.9. The summed E-state index contributed by atoms with van der Waals surface area (Å²) in [5, 5.41) is 3.18. The Kier molecular flexibility index (Phi) is 5.22. The van der Waals surface area contributed by atoms with Crippen LogP contribution in [-0.4, -0.2) is 19.1 Å². The SMILES string of the molecule is CCC(C)C(NCc1ccc(C)o1)C(=O)OC. The molecule has 0 bridgehead atoms. The lowest BCUT2D eigenvalue weighted by molar-refractivity contribution is -0.144. The molecule has 0 saturated carbocycles. The van der Waals surface area contributed by atoms with Crippen LogP contribution in [0.25, 0.3) is 0 Å². The molecule has 0 aliphatic rings. The van der Waals surface area contributed by atoms with Crippen LogP contribution in [0.5, 0.6) is 0 Å². The summed E-state index contributed by atoms with van der Waals surface area (Å²) in [6.07, 6.45) is 0.921. The number of rotatable bonds is 6. The van der Waals surface area contributed by atoms with Crippen molar-refractivity contribution in [2.75, 3.05) is 7.11 Å². The minimum Gasteiger partial charge on any atom is -0.468 e. The van der Waals surface area contributed by atoms with E-state index in [2.05, 4.69) is 12.2 Å². The molecule has 0 radical (unpaired) electrons. The number of esters is 1. The van der Waals surface area contributed by atoms with Gasteiger partial charge in [-0.3, -0.25) is 10.1 Å². The average Bonchev–Trinajstić information content (AvgIpc) is 2.74. The first-order valence-corrected chi connectivity index (χ1v) is 5.95. The molecule has 0 amide bonds. The van der Waals surface area contributed by atoms with Gasteiger partial charge in [0.15, 0.2) is 0 Å². The predicted octanol–water partition coefficient (Wildman–Crippen LogP) is 2.27. The van der Waals surface area contributed by atoms with Crippen molar-refractivity contribution in [1.29, 1.82) is 0 Å². The van der Waals surface area contributed by atoms with Gasteiger partial charge in [0.2, 0.25) is 0 Å². The molecule has 0 spiro atoms.